The molecule has 7 heavy (non-hydrogen) atoms. The molecule has 0 N–H and O–H groups in total. The van der Waals surface area contributed by atoms with Gasteiger partial charge in [0.25, 0.3) is 0 Å². The van der Waals surface area contributed by atoms with Crippen molar-refractivity contribution in [2.24, 2.45) is 0 Å². The highest BCUT2D eigenvalue weighted by Gasteiger charge is 1.71. The molecule has 0 atom stereocenters. The quantitative estimate of drug-likeness (QED) is 0.427. The van der Waals surface area contributed by atoms with Gasteiger partial charge >= 0.3 is 0 Å². The third kappa shape index (κ3) is 1.40. The molecule has 35 valence electrons. The third-order valence-electron chi connectivity index (χ3n) is 0.815. The summed E-state index contributed by atoms with van der Waals surface area (Å²) in [5, 5.41) is 0. The SMILES string of the molecule is [C]1=CC=CCC=C1. The largest absolute Gasteiger partial charge is 0.0807 e. The van der Waals surface area contributed by atoms with Crippen molar-refractivity contribution in [1.82, 2.24) is 0 Å². The molecule has 1 rings (SSSR count). The van der Waals surface area contributed by atoms with Crippen molar-refractivity contribution in [3.63, 3.8) is 0 Å². The highest BCUT2D eigenvalue weighted by molar-refractivity contribution is 5.11. The fourth-order valence-electron chi connectivity index (χ4n) is 0.472. The van der Waals surface area contributed by atoms with Gasteiger partial charge in [-0.3, -0.25) is 0 Å². The average molecular weight is 91.1 g/mol. The normalized spacial score (nSPS) is 17.1. The molecule has 0 aromatic carbocycles. The molecule has 0 amide bonds. The number of rotatable bonds is 0. The van der Waals surface area contributed by atoms with Gasteiger partial charge in [0, 0.05) is 0 Å². The fourth-order valence-corrected chi connectivity index (χ4v) is 0.472. The van der Waals surface area contributed by atoms with Gasteiger partial charge in [0.15, 0.2) is 0 Å². The van der Waals surface area contributed by atoms with E-state index in [1.807, 2.05) is 18.2 Å². The van der Waals surface area contributed by atoms with Gasteiger partial charge in [-0.05, 0) is 12.5 Å². The van der Waals surface area contributed by atoms with E-state index in [0.717, 1.165) is 6.42 Å². The molecule has 0 saturated carbocycles. The monoisotopic (exact) mass is 91.1 g/mol. The van der Waals surface area contributed by atoms with Gasteiger partial charge in [-0.15, -0.1) is 0 Å². The smallest absolute Gasteiger partial charge is 0.0163 e. The lowest BCUT2D eigenvalue weighted by Gasteiger charge is -1.69. The van der Waals surface area contributed by atoms with Crippen LogP contribution >= 0.6 is 0 Å². The van der Waals surface area contributed by atoms with E-state index in [4.69, 9.17) is 0 Å². The molecule has 0 aromatic heterocycles. The standard InChI is InChI=1S/C7H7/c1-2-4-6-7-5-3-1/h1-3,6-7H,4H2. The predicted molar refractivity (Wildman–Crippen MR) is 30.7 cm³/mol. The van der Waals surface area contributed by atoms with Crippen molar-refractivity contribution in [2.75, 3.05) is 0 Å². The summed E-state index contributed by atoms with van der Waals surface area (Å²) in [6.45, 7) is 0. The molecule has 0 aliphatic heterocycles. The Bertz CT molecular complexity index is 102. The third-order valence-corrected chi connectivity index (χ3v) is 0.815. The highest BCUT2D eigenvalue weighted by Crippen LogP contribution is 1.91. The summed E-state index contributed by atoms with van der Waals surface area (Å²) in [5.41, 5.74) is 0. The molecule has 1 radical (unpaired) electrons. The Morgan fingerprint density at radius 1 is 1.29 bits per heavy atom. The minimum Gasteiger partial charge on any atom is -0.0807 e. The van der Waals surface area contributed by atoms with Gasteiger partial charge in [-0.2, -0.15) is 0 Å². The van der Waals surface area contributed by atoms with Crippen LogP contribution in [0.1, 0.15) is 6.42 Å². The maximum atomic E-state index is 2.95. The minimum absolute atomic E-state index is 1.05. The van der Waals surface area contributed by atoms with Gasteiger partial charge in [-0.25, -0.2) is 0 Å². The van der Waals surface area contributed by atoms with Crippen LogP contribution in [0, 0.1) is 6.08 Å². The number of allylic oxidation sites excluding steroid dienone is 6. The van der Waals surface area contributed by atoms with Crippen LogP contribution in [0.2, 0.25) is 0 Å². The van der Waals surface area contributed by atoms with Gasteiger partial charge in [0.2, 0.25) is 0 Å². The van der Waals surface area contributed by atoms with Crippen molar-refractivity contribution in [3.05, 3.63) is 36.5 Å². The van der Waals surface area contributed by atoms with Crippen LogP contribution in [0.3, 0.4) is 0 Å². The topological polar surface area (TPSA) is 0 Å². The zero-order valence-electron chi connectivity index (χ0n) is 4.09. The summed E-state index contributed by atoms with van der Waals surface area (Å²) in [7, 11) is 0. The van der Waals surface area contributed by atoms with Crippen LogP contribution < -0.4 is 0 Å². The molecule has 0 saturated heterocycles. The summed E-state index contributed by atoms with van der Waals surface area (Å²) < 4.78 is 0. The molecular weight excluding hydrogens is 84.1 g/mol. The van der Waals surface area contributed by atoms with Crippen molar-refractivity contribution in [1.29, 1.82) is 0 Å². The van der Waals surface area contributed by atoms with Crippen LogP contribution in [0.25, 0.3) is 0 Å². The first-order valence-corrected chi connectivity index (χ1v) is 2.39. The molecule has 0 nitrogen and oxygen atoms in total. The molecule has 0 heteroatoms. The Balaban J connectivity index is 2.60. The molecule has 0 unspecified atom stereocenters. The molecule has 1 aliphatic carbocycles. The van der Waals surface area contributed by atoms with Crippen LogP contribution in [-0.2, 0) is 0 Å². The first-order chi connectivity index (χ1) is 3.50. The van der Waals surface area contributed by atoms with Gasteiger partial charge in [0.1, 0.15) is 0 Å². The van der Waals surface area contributed by atoms with Crippen molar-refractivity contribution in [3.8, 4) is 0 Å². The van der Waals surface area contributed by atoms with Crippen LogP contribution in [0.5, 0.6) is 0 Å². The second-order valence-corrected chi connectivity index (χ2v) is 1.40. The predicted octanol–water partition coefficient (Wildman–Crippen LogP) is 1.86. The zero-order chi connectivity index (χ0) is 4.95. The van der Waals surface area contributed by atoms with Crippen LogP contribution in [-0.4, -0.2) is 0 Å². The van der Waals surface area contributed by atoms with E-state index < -0.39 is 0 Å². The average Bonchev–Trinajstić information content (AvgIpc) is 1.90. The molecule has 0 aromatic rings. The lowest BCUT2D eigenvalue weighted by atomic mass is 10.4. The zero-order valence-corrected chi connectivity index (χ0v) is 4.09. The second kappa shape index (κ2) is 2.40. The molecule has 0 fully saturated rings. The summed E-state index contributed by atoms with van der Waals surface area (Å²) in [5.74, 6) is 0. The molecule has 0 bridgehead atoms. The fraction of sp³-hybridized carbons (Fsp3) is 0.143. The van der Waals surface area contributed by atoms with Crippen LogP contribution in [0.4, 0.5) is 0 Å². The van der Waals surface area contributed by atoms with E-state index in [9.17, 15) is 0 Å². The van der Waals surface area contributed by atoms with E-state index >= 15 is 0 Å². The van der Waals surface area contributed by atoms with E-state index in [1.165, 1.54) is 0 Å². The summed E-state index contributed by atoms with van der Waals surface area (Å²) in [4.78, 5) is 0. The lowest BCUT2D eigenvalue weighted by molar-refractivity contribution is 1.40. The Morgan fingerprint density at radius 2 is 2.29 bits per heavy atom. The van der Waals surface area contributed by atoms with E-state index in [2.05, 4.69) is 18.2 Å². The first-order valence-electron chi connectivity index (χ1n) is 2.39. The highest BCUT2D eigenvalue weighted by atomic mass is 13.8. The summed E-state index contributed by atoms with van der Waals surface area (Å²) >= 11 is 0. The summed E-state index contributed by atoms with van der Waals surface area (Å²) in [6, 6.07) is 0. The van der Waals surface area contributed by atoms with Crippen molar-refractivity contribution >= 4 is 0 Å². The van der Waals surface area contributed by atoms with Crippen LogP contribution in [0.15, 0.2) is 30.4 Å². The Morgan fingerprint density at radius 3 is 3.29 bits per heavy atom. The van der Waals surface area contributed by atoms with Gasteiger partial charge in [0.05, 0.1) is 0 Å². The molecule has 0 spiro atoms. The maximum Gasteiger partial charge on any atom is -0.0163 e. The first kappa shape index (κ1) is 4.38. The van der Waals surface area contributed by atoms with Crippen molar-refractivity contribution < 1.29 is 0 Å². The van der Waals surface area contributed by atoms with E-state index in [-0.39, 0.29) is 0 Å². The van der Waals surface area contributed by atoms with Gasteiger partial charge in [-0.1, -0.05) is 30.4 Å². The van der Waals surface area contributed by atoms with E-state index in [0.29, 0.717) is 0 Å². The number of hydrogen-bond acceptors (Lipinski definition) is 0. The van der Waals surface area contributed by atoms with E-state index in [1.54, 1.807) is 0 Å². The number of hydrogen-bond donors (Lipinski definition) is 0. The molecule has 0 heterocycles. The summed E-state index contributed by atoms with van der Waals surface area (Å²) in [6.07, 6.45) is 14.0. The Hall–Kier alpha value is -0.780. The van der Waals surface area contributed by atoms with Gasteiger partial charge < -0.3 is 0 Å². The molecular formula is C7H7. The molecule has 1 aliphatic rings. The second-order valence-electron chi connectivity index (χ2n) is 1.40. The Labute approximate surface area is 43.9 Å². The minimum atomic E-state index is 1.05. The van der Waals surface area contributed by atoms with Crippen molar-refractivity contribution in [2.45, 2.75) is 6.42 Å². The lowest BCUT2D eigenvalue weighted by Crippen LogP contribution is -1.49. The maximum absolute atomic E-state index is 2.95. The Kier molecular flexibility index (Phi) is 1.50.